The van der Waals surface area contributed by atoms with Gasteiger partial charge in [-0.15, -0.1) is 0 Å². The second-order valence-corrected chi connectivity index (χ2v) is 8.83. The minimum absolute atomic E-state index is 0.109. The van der Waals surface area contributed by atoms with E-state index in [0.29, 0.717) is 57.3 Å². The van der Waals surface area contributed by atoms with Gasteiger partial charge in [0.05, 0.1) is 0 Å². The van der Waals surface area contributed by atoms with E-state index in [9.17, 15) is 24.0 Å². The van der Waals surface area contributed by atoms with Crippen molar-refractivity contribution >= 4 is 30.0 Å². The fourth-order valence-electron chi connectivity index (χ4n) is 4.74. The molecule has 0 bridgehead atoms. The molecule has 0 aromatic heterocycles. The van der Waals surface area contributed by atoms with Gasteiger partial charge >= 0.3 is 0 Å². The van der Waals surface area contributed by atoms with Crippen LogP contribution in [0.3, 0.4) is 0 Å². The fourth-order valence-corrected chi connectivity index (χ4v) is 4.74. The van der Waals surface area contributed by atoms with Crippen LogP contribution in [0.1, 0.15) is 66.4 Å². The average Bonchev–Trinajstić information content (AvgIpc) is 3.16. The summed E-state index contributed by atoms with van der Waals surface area (Å²) in [7, 11) is 0. The van der Waals surface area contributed by atoms with Gasteiger partial charge in [-0.1, -0.05) is 17.9 Å². The molecule has 178 valence electrons. The molecule has 3 aliphatic heterocycles. The topological polar surface area (TPSA) is 116 Å². The molecule has 1 atom stereocenters. The van der Waals surface area contributed by atoms with Crippen LogP contribution in [0.15, 0.2) is 18.2 Å². The zero-order valence-corrected chi connectivity index (χ0v) is 19.0. The van der Waals surface area contributed by atoms with E-state index in [4.69, 9.17) is 0 Å². The van der Waals surface area contributed by atoms with E-state index in [1.165, 1.54) is 4.90 Å². The number of unbranched alkanes of at least 4 members (excludes halogenated alkanes) is 1. The number of carbonyl (C=O) groups is 5. The summed E-state index contributed by atoms with van der Waals surface area (Å²) in [6.45, 7) is 1.60. The smallest absolute Gasteiger partial charge is 0.255 e. The van der Waals surface area contributed by atoms with E-state index in [-0.39, 0.29) is 30.2 Å². The maximum Gasteiger partial charge on any atom is 0.255 e. The minimum atomic E-state index is -0.649. The third kappa shape index (κ3) is 5.11. The van der Waals surface area contributed by atoms with Crippen LogP contribution < -0.4 is 10.6 Å². The van der Waals surface area contributed by atoms with Crippen molar-refractivity contribution in [3.8, 4) is 11.8 Å². The number of imide groups is 1. The Morgan fingerprint density at radius 1 is 1.18 bits per heavy atom. The first-order valence-electron chi connectivity index (χ1n) is 11.7. The molecule has 9 nitrogen and oxygen atoms in total. The number of hydrogen-bond donors (Lipinski definition) is 2. The van der Waals surface area contributed by atoms with Gasteiger partial charge in [0, 0.05) is 56.1 Å². The van der Waals surface area contributed by atoms with Gasteiger partial charge in [0.25, 0.3) is 5.91 Å². The quantitative estimate of drug-likeness (QED) is 0.278. The van der Waals surface area contributed by atoms with Crippen LogP contribution in [-0.4, -0.2) is 65.0 Å². The van der Waals surface area contributed by atoms with E-state index < -0.39 is 11.9 Å². The van der Waals surface area contributed by atoms with Crippen LogP contribution in [-0.2, 0) is 25.7 Å². The van der Waals surface area contributed by atoms with E-state index in [1.54, 1.807) is 12.1 Å². The first kappa shape index (κ1) is 23.5. The second-order valence-electron chi connectivity index (χ2n) is 8.83. The summed E-state index contributed by atoms with van der Waals surface area (Å²) in [5.74, 6) is 5.39. The number of hydrogen-bond acceptors (Lipinski definition) is 5. The molecule has 0 aliphatic carbocycles. The molecule has 3 heterocycles. The number of nitrogens with one attached hydrogen (secondary N) is 2. The third-order valence-electron chi connectivity index (χ3n) is 6.65. The summed E-state index contributed by atoms with van der Waals surface area (Å²) in [5, 5.41) is 5.08. The molecule has 4 rings (SSSR count). The van der Waals surface area contributed by atoms with Crippen molar-refractivity contribution in [1.29, 1.82) is 0 Å². The van der Waals surface area contributed by atoms with Crippen LogP contribution in [0.4, 0.5) is 0 Å². The monoisotopic (exact) mass is 464 g/mol. The number of piperidine rings is 2. The van der Waals surface area contributed by atoms with Gasteiger partial charge in [-0.05, 0) is 43.4 Å². The van der Waals surface area contributed by atoms with Gasteiger partial charge in [-0.3, -0.25) is 29.3 Å². The molecular weight excluding hydrogens is 436 g/mol. The standard InChI is InChI=1S/C25H28N4O5/c30-16-26-18-11-13-28(14-12-18)23(32)8-3-1-2-5-17-6-4-7-19-20(17)15-29(25(19)34)21-9-10-22(31)27-24(21)33/h4,6-7,16,18,21H,1,3,8-15H2,(H,26,30)(H,27,31,33). The molecule has 1 aromatic carbocycles. The summed E-state index contributed by atoms with van der Waals surface area (Å²) in [6.07, 6.45) is 4.44. The van der Waals surface area contributed by atoms with E-state index >= 15 is 0 Å². The van der Waals surface area contributed by atoms with Crippen molar-refractivity contribution in [2.75, 3.05) is 13.1 Å². The van der Waals surface area contributed by atoms with Crippen LogP contribution in [0.25, 0.3) is 0 Å². The van der Waals surface area contributed by atoms with Gasteiger partial charge in [-0.2, -0.15) is 0 Å². The summed E-state index contributed by atoms with van der Waals surface area (Å²) < 4.78 is 0. The maximum atomic E-state index is 12.9. The summed E-state index contributed by atoms with van der Waals surface area (Å²) in [4.78, 5) is 62.9. The highest BCUT2D eigenvalue weighted by molar-refractivity contribution is 6.05. The van der Waals surface area contributed by atoms with Crippen LogP contribution in [0.5, 0.6) is 0 Å². The third-order valence-corrected chi connectivity index (χ3v) is 6.65. The minimum Gasteiger partial charge on any atom is -0.356 e. The second kappa shape index (κ2) is 10.5. The highest BCUT2D eigenvalue weighted by Crippen LogP contribution is 2.29. The number of rotatable bonds is 6. The lowest BCUT2D eigenvalue weighted by Crippen LogP contribution is -2.52. The SMILES string of the molecule is O=CNC1CCN(C(=O)CCCC#Cc2cccc3c2CN(C2CCC(=O)NC2=O)C3=O)CC1. The van der Waals surface area contributed by atoms with Gasteiger partial charge < -0.3 is 15.1 Å². The molecule has 9 heteroatoms. The lowest BCUT2D eigenvalue weighted by molar-refractivity contribution is -0.137. The van der Waals surface area contributed by atoms with Crippen molar-refractivity contribution in [3.63, 3.8) is 0 Å². The zero-order chi connectivity index (χ0) is 24.1. The largest absolute Gasteiger partial charge is 0.356 e. The highest BCUT2D eigenvalue weighted by Gasteiger charge is 2.39. The van der Waals surface area contributed by atoms with E-state index in [0.717, 1.165) is 24.0 Å². The first-order valence-corrected chi connectivity index (χ1v) is 11.7. The van der Waals surface area contributed by atoms with E-state index in [2.05, 4.69) is 22.5 Å². The molecule has 3 aliphatic rings. The molecule has 1 aromatic rings. The van der Waals surface area contributed by atoms with Gasteiger partial charge in [0.15, 0.2) is 0 Å². The average molecular weight is 465 g/mol. The van der Waals surface area contributed by atoms with Gasteiger partial charge in [-0.25, -0.2) is 0 Å². The normalized spacial score (nSPS) is 20.4. The molecule has 2 fully saturated rings. The highest BCUT2D eigenvalue weighted by atomic mass is 16.2. The van der Waals surface area contributed by atoms with Crippen molar-refractivity contribution in [1.82, 2.24) is 20.4 Å². The zero-order valence-electron chi connectivity index (χ0n) is 19.0. The van der Waals surface area contributed by atoms with Gasteiger partial charge in [0.1, 0.15) is 6.04 Å². The number of fused-ring (bicyclic) bond motifs is 1. The Balaban J connectivity index is 1.30. The van der Waals surface area contributed by atoms with Gasteiger partial charge in [0.2, 0.25) is 24.1 Å². The molecule has 0 saturated carbocycles. The van der Waals surface area contributed by atoms with Crippen LogP contribution in [0, 0.1) is 11.8 Å². The lowest BCUT2D eigenvalue weighted by Gasteiger charge is -2.31. The Bertz CT molecular complexity index is 1060. The number of nitrogens with zero attached hydrogens (tertiary/aromatic N) is 2. The first-order chi connectivity index (χ1) is 16.5. The summed E-state index contributed by atoms with van der Waals surface area (Å²) in [5.41, 5.74) is 2.09. The van der Waals surface area contributed by atoms with Crippen molar-refractivity contribution in [3.05, 3.63) is 34.9 Å². The number of carbonyl (C=O) groups excluding carboxylic acids is 5. The Morgan fingerprint density at radius 2 is 1.97 bits per heavy atom. The van der Waals surface area contributed by atoms with Crippen molar-refractivity contribution in [2.24, 2.45) is 0 Å². The van der Waals surface area contributed by atoms with Crippen LogP contribution in [0.2, 0.25) is 0 Å². The Hall–Kier alpha value is -3.67. The van der Waals surface area contributed by atoms with Crippen molar-refractivity contribution < 1.29 is 24.0 Å². The van der Waals surface area contributed by atoms with Crippen molar-refractivity contribution in [2.45, 2.75) is 63.6 Å². The fraction of sp³-hybridized carbons (Fsp3) is 0.480. The molecule has 0 spiro atoms. The maximum absolute atomic E-state index is 12.9. The Morgan fingerprint density at radius 3 is 2.71 bits per heavy atom. The summed E-state index contributed by atoms with van der Waals surface area (Å²) >= 11 is 0. The Labute approximate surface area is 198 Å². The molecule has 2 saturated heterocycles. The van der Waals surface area contributed by atoms with Crippen LogP contribution >= 0.6 is 0 Å². The number of benzene rings is 1. The van der Waals surface area contributed by atoms with E-state index in [1.807, 2.05) is 11.0 Å². The molecule has 34 heavy (non-hydrogen) atoms. The molecule has 1 unspecified atom stereocenters. The predicted molar refractivity (Wildman–Crippen MR) is 122 cm³/mol. The molecular formula is C25H28N4O5. The lowest BCUT2D eigenvalue weighted by atomic mass is 10.0. The predicted octanol–water partition coefficient (Wildman–Crippen LogP) is 0.706. The number of likely N-dealkylation sites (tertiary alicyclic amines) is 1. The molecule has 5 amide bonds. The molecule has 0 radical (unpaired) electrons. The Kier molecular flexibility index (Phi) is 7.26. The molecule has 2 N–H and O–H groups in total. The summed E-state index contributed by atoms with van der Waals surface area (Å²) in [6, 6.07) is 4.87. The number of amides is 5.